The molecule has 33 heavy (non-hydrogen) atoms. The van der Waals surface area contributed by atoms with E-state index in [0.29, 0.717) is 0 Å². The van der Waals surface area contributed by atoms with Gasteiger partial charge in [0.15, 0.2) is 7.14 Å². The van der Waals surface area contributed by atoms with Crippen molar-refractivity contribution >= 4 is 33.8 Å². The van der Waals surface area contributed by atoms with Crippen LogP contribution in [0.4, 0.5) is 0 Å². The van der Waals surface area contributed by atoms with Crippen LogP contribution in [0.1, 0.15) is 5.56 Å². The van der Waals surface area contributed by atoms with Gasteiger partial charge in [-0.15, -0.1) is 0 Å². The van der Waals surface area contributed by atoms with E-state index in [9.17, 15) is 0 Å². The molecule has 0 aromatic heterocycles. The van der Waals surface area contributed by atoms with Crippen LogP contribution < -0.4 is 20.7 Å². The van der Waals surface area contributed by atoms with Crippen molar-refractivity contribution in [2.24, 2.45) is 0 Å². The Balaban J connectivity index is 1.86. The van der Waals surface area contributed by atoms with Gasteiger partial charge in [-0.25, -0.2) is 0 Å². The number of hydrogen-bond donors (Lipinski definition) is 0. The van der Waals surface area contributed by atoms with Gasteiger partial charge in [0, 0.05) is 15.9 Å². The van der Waals surface area contributed by atoms with Crippen LogP contribution in [0.3, 0.4) is 0 Å². The van der Waals surface area contributed by atoms with E-state index in [4.69, 9.17) is 4.74 Å². The summed E-state index contributed by atoms with van der Waals surface area (Å²) in [4.78, 5) is 0. The van der Waals surface area contributed by atoms with Gasteiger partial charge in [0.1, 0.15) is 5.75 Å². The first-order valence-corrected chi connectivity index (χ1v) is 12.7. The van der Waals surface area contributed by atoms with E-state index in [1.807, 2.05) is 78.9 Å². The minimum absolute atomic E-state index is 0.814. The highest BCUT2D eigenvalue weighted by molar-refractivity contribution is 7.85. The largest absolute Gasteiger partial charge is 0.497 e. The molecule has 0 saturated heterocycles. The molecule has 0 heterocycles. The van der Waals surface area contributed by atoms with Crippen LogP contribution in [0.15, 0.2) is 115 Å². The van der Waals surface area contributed by atoms with Gasteiger partial charge < -0.3 is 9.30 Å². The van der Waals surface area contributed by atoms with Crippen molar-refractivity contribution < 1.29 is 9.30 Å². The molecule has 0 fully saturated rings. The fraction of sp³-hybridized carbons (Fsp3) is 0.0667. The minimum atomic E-state index is -3.11. The lowest BCUT2D eigenvalue weighted by atomic mass is 9.95. The summed E-state index contributed by atoms with van der Waals surface area (Å²) in [5.74, 6) is 0.814. The van der Waals surface area contributed by atoms with Gasteiger partial charge in [0.25, 0.3) is 0 Å². The fourth-order valence-corrected chi connectivity index (χ4v) is 7.49. The standard InChI is InChI=1S/C30H25O2P/c1-22-27-15-9-10-16-28(27)29(23-17-19-24(32-2)20-18-23)21-30(22)33(31,25-11-5-3-6-12-25)26-13-7-4-8-14-26/h3-21H,1-2H3. The normalized spacial score (nSPS) is 11.5. The van der Waals surface area contributed by atoms with Crippen LogP contribution in [0, 0.1) is 6.92 Å². The molecule has 0 bridgehead atoms. The van der Waals surface area contributed by atoms with E-state index in [-0.39, 0.29) is 0 Å². The van der Waals surface area contributed by atoms with Gasteiger partial charge in [-0.1, -0.05) is 97.1 Å². The predicted octanol–water partition coefficient (Wildman–Crippen LogP) is 6.46. The predicted molar refractivity (Wildman–Crippen MR) is 140 cm³/mol. The van der Waals surface area contributed by atoms with Crippen molar-refractivity contribution in [1.29, 1.82) is 0 Å². The van der Waals surface area contributed by atoms with Crippen LogP contribution in [0.25, 0.3) is 21.9 Å². The summed E-state index contributed by atoms with van der Waals surface area (Å²) in [6, 6.07) is 38.3. The molecule has 3 heteroatoms. The maximum atomic E-state index is 15.1. The number of methoxy groups -OCH3 is 1. The second kappa shape index (κ2) is 8.73. The highest BCUT2D eigenvalue weighted by Gasteiger charge is 2.32. The molecule has 0 aliphatic heterocycles. The molecule has 5 aromatic carbocycles. The average Bonchev–Trinajstić information content (AvgIpc) is 2.90. The van der Waals surface area contributed by atoms with Gasteiger partial charge >= 0.3 is 0 Å². The number of benzene rings is 5. The Hall–Kier alpha value is -3.61. The molecular weight excluding hydrogens is 423 g/mol. The second-order valence-corrected chi connectivity index (χ2v) is 10.9. The maximum Gasteiger partial charge on any atom is 0.171 e. The summed E-state index contributed by atoms with van der Waals surface area (Å²) >= 11 is 0. The van der Waals surface area contributed by atoms with Gasteiger partial charge in [-0.3, -0.25) is 0 Å². The van der Waals surface area contributed by atoms with Crippen molar-refractivity contribution in [3.63, 3.8) is 0 Å². The van der Waals surface area contributed by atoms with Crippen molar-refractivity contribution in [2.45, 2.75) is 6.92 Å². The molecule has 2 nitrogen and oxygen atoms in total. The Morgan fingerprint density at radius 1 is 0.636 bits per heavy atom. The zero-order valence-electron chi connectivity index (χ0n) is 18.7. The molecule has 0 N–H and O–H groups in total. The van der Waals surface area contributed by atoms with E-state index >= 15 is 4.57 Å². The zero-order chi connectivity index (χ0) is 22.8. The first kappa shape index (κ1) is 21.2. The molecular formula is C30H25O2P. The van der Waals surface area contributed by atoms with E-state index in [2.05, 4.69) is 43.3 Å². The summed E-state index contributed by atoms with van der Waals surface area (Å²) in [5.41, 5.74) is 3.20. The number of ether oxygens (including phenoxy) is 1. The van der Waals surface area contributed by atoms with Gasteiger partial charge in [-0.2, -0.15) is 0 Å². The number of fused-ring (bicyclic) bond motifs is 1. The Labute approximate surface area is 194 Å². The first-order valence-electron chi connectivity index (χ1n) is 11.0. The molecule has 0 spiro atoms. The molecule has 0 unspecified atom stereocenters. The summed E-state index contributed by atoms with van der Waals surface area (Å²) in [6.45, 7) is 2.09. The quantitative estimate of drug-likeness (QED) is 0.288. The van der Waals surface area contributed by atoms with E-state index in [1.54, 1.807) is 7.11 Å². The van der Waals surface area contributed by atoms with Gasteiger partial charge in [0.05, 0.1) is 7.11 Å². The van der Waals surface area contributed by atoms with Gasteiger partial charge in [0.2, 0.25) is 0 Å². The maximum absolute atomic E-state index is 15.1. The molecule has 0 atom stereocenters. The SMILES string of the molecule is COc1ccc(-c2cc(P(=O)(c3ccccc3)c3ccccc3)c(C)c3ccccc23)cc1. The van der Waals surface area contributed by atoms with Crippen molar-refractivity contribution in [3.05, 3.63) is 121 Å². The van der Waals surface area contributed by atoms with E-state index in [1.165, 1.54) is 0 Å². The molecule has 162 valence electrons. The number of aryl methyl sites for hydroxylation is 1. The average molecular weight is 449 g/mol. The van der Waals surface area contributed by atoms with Crippen molar-refractivity contribution in [3.8, 4) is 16.9 Å². The van der Waals surface area contributed by atoms with Crippen LogP contribution in [-0.4, -0.2) is 7.11 Å². The van der Waals surface area contributed by atoms with E-state index in [0.717, 1.165) is 49.1 Å². The molecule has 0 radical (unpaired) electrons. The third-order valence-corrected chi connectivity index (χ3v) is 9.46. The number of rotatable bonds is 5. The fourth-order valence-electron chi connectivity index (χ4n) is 4.55. The van der Waals surface area contributed by atoms with Crippen LogP contribution >= 0.6 is 7.14 Å². The Morgan fingerprint density at radius 3 is 1.70 bits per heavy atom. The monoisotopic (exact) mass is 448 g/mol. The first-order chi connectivity index (χ1) is 16.1. The molecule has 0 saturated carbocycles. The Kier molecular flexibility index (Phi) is 5.62. The van der Waals surface area contributed by atoms with Crippen LogP contribution in [0.2, 0.25) is 0 Å². The molecule has 5 aromatic rings. The van der Waals surface area contributed by atoms with Crippen LogP contribution in [-0.2, 0) is 4.57 Å². The number of hydrogen-bond acceptors (Lipinski definition) is 2. The molecule has 0 amide bonds. The summed E-state index contributed by atoms with van der Waals surface area (Å²) in [5, 5.41) is 4.83. The Morgan fingerprint density at radius 2 is 1.15 bits per heavy atom. The second-order valence-electron chi connectivity index (χ2n) is 8.12. The zero-order valence-corrected chi connectivity index (χ0v) is 19.6. The van der Waals surface area contributed by atoms with Gasteiger partial charge in [-0.05, 0) is 52.6 Å². The highest BCUT2D eigenvalue weighted by Crippen LogP contribution is 2.46. The minimum Gasteiger partial charge on any atom is -0.497 e. The van der Waals surface area contributed by atoms with Crippen molar-refractivity contribution in [2.75, 3.05) is 7.11 Å². The van der Waals surface area contributed by atoms with Crippen LogP contribution in [0.5, 0.6) is 5.75 Å². The Bertz CT molecular complexity index is 1410. The smallest absolute Gasteiger partial charge is 0.171 e. The lowest BCUT2D eigenvalue weighted by Gasteiger charge is -2.24. The lowest BCUT2D eigenvalue weighted by Crippen LogP contribution is -2.27. The highest BCUT2D eigenvalue weighted by atomic mass is 31.2. The summed E-state index contributed by atoms with van der Waals surface area (Å²) in [7, 11) is -1.43. The molecule has 0 aliphatic carbocycles. The summed E-state index contributed by atoms with van der Waals surface area (Å²) < 4.78 is 20.5. The summed E-state index contributed by atoms with van der Waals surface area (Å²) in [6.07, 6.45) is 0. The van der Waals surface area contributed by atoms with E-state index < -0.39 is 7.14 Å². The third-order valence-electron chi connectivity index (χ3n) is 6.27. The molecule has 5 rings (SSSR count). The molecule has 0 aliphatic rings. The third kappa shape index (κ3) is 3.67. The lowest BCUT2D eigenvalue weighted by molar-refractivity contribution is 0.415. The van der Waals surface area contributed by atoms with Crippen molar-refractivity contribution in [1.82, 2.24) is 0 Å². The topological polar surface area (TPSA) is 26.3 Å².